The third-order valence-electron chi connectivity index (χ3n) is 5.15. The maximum Gasteiger partial charge on any atom is 0.286 e. The monoisotopic (exact) mass is 516 g/mol. The van der Waals surface area contributed by atoms with Crippen molar-refractivity contribution in [1.82, 2.24) is 4.68 Å². The van der Waals surface area contributed by atoms with E-state index >= 15 is 0 Å². The Hall–Kier alpha value is -2.98. The van der Waals surface area contributed by atoms with Crippen LogP contribution in [0.3, 0.4) is 0 Å². The topological polar surface area (TPSA) is 113 Å². The van der Waals surface area contributed by atoms with E-state index in [1.807, 2.05) is 0 Å². The van der Waals surface area contributed by atoms with Gasteiger partial charge in [-0.25, -0.2) is 0 Å². The third-order valence-corrected chi connectivity index (χ3v) is 7.59. The smallest absolute Gasteiger partial charge is 0.286 e. The summed E-state index contributed by atoms with van der Waals surface area (Å²) in [6.45, 7) is 2.07. The van der Waals surface area contributed by atoms with Crippen LogP contribution in [0, 0.1) is 0 Å². The van der Waals surface area contributed by atoms with E-state index in [-0.39, 0.29) is 27.7 Å². The molecule has 166 valence electrons. The highest BCUT2D eigenvalue weighted by Crippen LogP contribution is 2.32. The van der Waals surface area contributed by atoms with Crippen molar-refractivity contribution in [2.24, 2.45) is 9.50 Å². The average molecular weight is 517 g/mol. The van der Waals surface area contributed by atoms with E-state index in [2.05, 4.69) is 37.7 Å². The first-order valence-electron chi connectivity index (χ1n) is 10.1. The maximum atomic E-state index is 13.4. The standard InChI is InChI=1S/C22H21BrN4O4S/c1-2-14(23)8-7-13-24-27-17-11-5-3-9-15(17)20(28)19(22(27)29)21-25-16-10-4-6-12-18(16)32(30,31)26-21/h3-6,9-14,28H,2,7-8H2,1H3,(H,25,26). The number of pyridine rings is 1. The Morgan fingerprint density at radius 2 is 1.94 bits per heavy atom. The number of sulfonamides is 1. The number of amidine groups is 1. The van der Waals surface area contributed by atoms with Crippen LogP contribution in [0.5, 0.6) is 5.75 Å². The quantitative estimate of drug-likeness (QED) is 0.378. The molecule has 2 aromatic carbocycles. The molecular weight excluding hydrogens is 496 g/mol. The fourth-order valence-electron chi connectivity index (χ4n) is 3.46. The van der Waals surface area contributed by atoms with Crippen LogP contribution in [0.1, 0.15) is 31.7 Å². The first-order chi connectivity index (χ1) is 15.3. The predicted molar refractivity (Wildman–Crippen MR) is 130 cm³/mol. The lowest BCUT2D eigenvalue weighted by Crippen LogP contribution is -2.31. The number of rotatable bonds is 6. The largest absolute Gasteiger partial charge is 0.506 e. The number of aromatic hydroxyl groups is 1. The van der Waals surface area contributed by atoms with E-state index in [9.17, 15) is 18.3 Å². The van der Waals surface area contributed by atoms with Gasteiger partial charge in [-0.1, -0.05) is 47.1 Å². The Labute approximate surface area is 193 Å². The number of hydrogen-bond acceptors (Lipinski definition) is 6. The Balaban J connectivity index is 1.87. The number of anilines is 1. The van der Waals surface area contributed by atoms with Gasteiger partial charge in [-0.2, -0.15) is 18.2 Å². The zero-order valence-corrected chi connectivity index (χ0v) is 19.6. The van der Waals surface area contributed by atoms with Gasteiger partial charge in [0.15, 0.2) is 5.84 Å². The molecule has 3 aromatic rings. The average Bonchev–Trinajstić information content (AvgIpc) is 2.78. The Kier molecular flexibility index (Phi) is 6.16. The van der Waals surface area contributed by atoms with Crippen molar-refractivity contribution in [2.75, 3.05) is 5.32 Å². The van der Waals surface area contributed by atoms with Gasteiger partial charge in [0, 0.05) is 16.4 Å². The van der Waals surface area contributed by atoms with Gasteiger partial charge in [-0.15, -0.1) is 4.40 Å². The predicted octanol–water partition coefficient (Wildman–Crippen LogP) is 4.06. The molecule has 1 aliphatic heterocycles. The molecule has 2 N–H and O–H groups in total. The summed E-state index contributed by atoms with van der Waals surface area (Å²) in [5.41, 5.74) is -0.252. The molecule has 0 amide bonds. The fourth-order valence-corrected chi connectivity index (χ4v) is 4.85. The van der Waals surface area contributed by atoms with Crippen LogP contribution in [0.25, 0.3) is 10.9 Å². The zero-order chi connectivity index (χ0) is 22.9. The molecule has 32 heavy (non-hydrogen) atoms. The van der Waals surface area contributed by atoms with Crippen LogP contribution < -0.4 is 10.9 Å². The van der Waals surface area contributed by atoms with Gasteiger partial charge in [0.25, 0.3) is 15.6 Å². The SMILES string of the molecule is CCC(Br)CCC=Nn1c(=O)c(C2=NS(=O)(=O)c3ccccc3N2)c(O)c2ccccc21. The molecule has 1 atom stereocenters. The van der Waals surface area contributed by atoms with Gasteiger partial charge in [-0.3, -0.25) is 4.79 Å². The van der Waals surface area contributed by atoms with E-state index < -0.39 is 15.6 Å². The van der Waals surface area contributed by atoms with E-state index in [0.29, 0.717) is 22.2 Å². The summed E-state index contributed by atoms with van der Waals surface area (Å²) in [5, 5.41) is 18.5. The summed E-state index contributed by atoms with van der Waals surface area (Å²) >= 11 is 3.57. The van der Waals surface area contributed by atoms with E-state index in [0.717, 1.165) is 17.5 Å². The number of benzene rings is 2. The summed E-state index contributed by atoms with van der Waals surface area (Å²) in [5.74, 6) is -0.600. The molecule has 2 heterocycles. The van der Waals surface area contributed by atoms with Crippen LogP contribution in [0.15, 0.2) is 67.7 Å². The number of aromatic nitrogens is 1. The van der Waals surface area contributed by atoms with Crippen LogP contribution in [-0.2, 0) is 10.0 Å². The minimum Gasteiger partial charge on any atom is -0.506 e. The molecule has 1 aromatic heterocycles. The van der Waals surface area contributed by atoms with Crippen molar-refractivity contribution >= 4 is 54.6 Å². The van der Waals surface area contributed by atoms with Gasteiger partial charge in [-0.05, 0) is 43.5 Å². The minimum absolute atomic E-state index is 0.00243. The Morgan fingerprint density at radius 1 is 1.22 bits per heavy atom. The second kappa shape index (κ2) is 8.87. The highest BCUT2D eigenvalue weighted by molar-refractivity contribution is 9.09. The Bertz CT molecular complexity index is 1410. The van der Waals surface area contributed by atoms with Crippen molar-refractivity contribution in [3.05, 3.63) is 64.4 Å². The third kappa shape index (κ3) is 4.07. The van der Waals surface area contributed by atoms with Crippen LogP contribution >= 0.6 is 15.9 Å². The fraction of sp³-hybridized carbons (Fsp3) is 0.227. The number of nitrogens with one attached hydrogen (secondary N) is 1. The van der Waals surface area contributed by atoms with Gasteiger partial charge in [0.1, 0.15) is 16.2 Å². The number of nitrogens with zero attached hydrogens (tertiary/aromatic N) is 3. The molecule has 1 unspecified atom stereocenters. The van der Waals surface area contributed by atoms with E-state index in [1.165, 1.54) is 6.07 Å². The zero-order valence-electron chi connectivity index (χ0n) is 17.2. The van der Waals surface area contributed by atoms with Crippen molar-refractivity contribution in [3.8, 4) is 5.75 Å². The molecule has 0 spiro atoms. The second-order valence-electron chi connectivity index (χ2n) is 7.27. The molecule has 4 rings (SSSR count). The number of halogens is 1. The summed E-state index contributed by atoms with van der Waals surface area (Å²) < 4.78 is 30.3. The first-order valence-corrected chi connectivity index (χ1v) is 12.4. The van der Waals surface area contributed by atoms with Crippen molar-refractivity contribution in [3.63, 3.8) is 0 Å². The molecule has 8 nitrogen and oxygen atoms in total. The highest BCUT2D eigenvalue weighted by Gasteiger charge is 2.29. The molecule has 0 aliphatic carbocycles. The first kappa shape index (κ1) is 22.2. The molecule has 1 aliphatic rings. The van der Waals surface area contributed by atoms with Crippen LogP contribution in [-0.4, -0.2) is 35.1 Å². The Morgan fingerprint density at radius 3 is 2.72 bits per heavy atom. The number of fused-ring (bicyclic) bond motifs is 2. The van der Waals surface area contributed by atoms with Gasteiger partial charge >= 0.3 is 0 Å². The summed E-state index contributed by atoms with van der Waals surface area (Å²) in [6, 6.07) is 13.0. The summed E-state index contributed by atoms with van der Waals surface area (Å²) in [6.07, 6.45) is 4.10. The summed E-state index contributed by atoms with van der Waals surface area (Å²) in [4.78, 5) is 13.7. The molecule has 0 bridgehead atoms. The van der Waals surface area contributed by atoms with Gasteiger partial charge in [0.05, 0.1) is 11.2 Å². The summed E-state index contributed by atoms with van der Waals surface area (Å²) in [7, 11) is -4.05. The number of hydrogen-bond donors (Lipinski definition) is 2. The molecule has 0 fully saturated rings. The van der Waals surface area contributed by atoms with Crippen molar-refractivity contribution < 1.29 is 13.5 Å². The maximum absolute atomic E-state index is 13.4. The van der Waals surface area contributed by atoms with Gasteiger partial charge < -0.3 is 10.4 Å². The minimum atomic E-state index is -4.05. The van der Waals surface area contributed by atoms with E-state index in [1.54, 1.807) is 48.7 Å². The highest BCUT2D eigenvalue weighted by atomic mass is 79.9. The lowest BCUT2D eigenvalue weighted by molar-refractivity contribution is 0.478. The molecule has 0 saturated heterocycles. The van der Waals surface area contributed by atoms with Gasteiger partial charge in [0.2, 0.25) is 0 Å². The molecule has 0 radical (unpaired) electrons. The molecular formula is C22H21BrN4O4S. The lowest BCUT2D eigenvalue weighted by Gasteiger charge is -2.19. The molecule has 0 saturated carbocycles. The number of alkyl halides is 1. The van der Waals surface area contributed by atoms with Crippen molar-refractivity contribution in [2.45, 2.75) is 35.9 Å². The lowest BCUT2D eigenvalue weighted by atomic mass is 10.1. The normalized spacial score (nSPS) is 15.9. The number of para-hydroxylation sites is 2. The van der Waals surface area contributed by atoms with Crippen LogP contribution in [0.2, 0.25) is 0 Å². The van der Waals surface area contributed by atoms with Crippen LogP contribution in [0.4, 0.5) is 5.69 Å². The second-order valence-corrected chi connectivity index (χ2v) is 10.1. The van der Waals surface area contributed by atoms with Crippen molar-refractivity contribution in [1.29, 1.82) is 0 Å². The van der Waals surface area contributed by atoms with E-state index in [4.69, 9.17) is 0 Å². The molecule has 10 heteroatoms.